The molecule has 4 aromatic rings. The molecule has 4 nitrogen and oxygen atoms in total. The molecule has 4 heteroatoms. The molecule has 0 fully saturated rings. The van der Waals surface area contributed by atoms with Crippen LogP contribution in [-0.2, 0) is 17.8 Å². The van der Waals surface area contributed by atoms with Crippen molar-refractivity contribution < 1.29 is 14.3 Å². The molecule has 0 aliphatic carbocycles. The van der Waals surface area contributed by atoms with Crippen molar-refractivity contribution in [2.75, 3.05) is 19.1 Å². The number of nitrogens with zero attached hydrogens (tertiary/aromatic N) is 1. The van der Waals surface area contributed by atoms with Crippen LogP contribution in [0.15, 0.2) is 103 Å². The van der Waals surface area contributed by atoms with Crippen LogP contribution in [0, 0.1) is 0 Å². The van der Waals surface area contributed by atoms with Crippen LogP contribution in [0.1, 0.15) is 21.5 Å². The van der Waals surface area contributed by atoms with Gasteiger partial charge in [-0.25, -0.2) is 4.79 Å². The van der Waals surface area contributed by atoms with Crippen molar-refractivity contribution in [3.8, 4) is 16.9 Å². The minimum atomic E-state index is -0.426. The number of carbonyl (C=O) groups excluding carboxylic acids is 1. The van der Waals surface area contributed by atoms with Crippen LogP contribution in [-0.4, -0.2) is 20.2 Å². The van der Waals surface area contributed by atoms with Crippen LogP contribution in [0.4, 0.5) is 5.69 Å². The van der Waals surface area contributed by atoms with Crippen molar-refractivity contribution in [2.45, 2.75) is 13.1 Å². The number of hydrogen-bond acceptors (Lipinski definition) is 4. The number of ether oxygens (including phenoxy) is 2. The molecule has 4 rings (SSSR count). The minimum absolute atomic E-state index is 0.405. The number of rotatable bonds is 8. The van der Waals surface area contributed by atoms with Gasteiger partial charge in [-0.05, 0) is 34.4 Å². The predicted molar refractivity (Wildman–Crippen MR) is 133 cm³/mol. The van der Waals surface area contributed by atoms with Gasteiger partial charge in [-0.15, -0.1) is 0 Å². The van der Waals surface area contributed by atoms with Gasteiger partial charge in [-0.2, -0.15) is 0 Å². The molecule has 0 saturated carbocycles. The molecule has 0 radical (unpaired) electrons. The van der Waals surface area contributed by atoms with Crippen molar-refractivity contribution in [3.05, 3.63) is 120 Å². The third kappa shape index (κ3) is 5.24. The predicted octanol–water partition coefficient (Wildman–Crippen LogP) is 6.36. The summed E-state index contributed by atoms with van der Waals surface area (Å²) < 4.78 is 10.9. The Balaban J connectivity index is 1.88. The highest BCUT2D eigenvalue weighted by atomic mass is 16.5. The fraction of sp³-hybridized carbons (Fsp3) is 0.138. The lowest BCUT2D eigenvalue weighted by Crippen LogP contribution is -2.23. The van der Waals surface area contributed by atoms with E-state index in [0.717, 1.165) is 16.8 Å². The topological polar surface area (TPSA) is 38.8 Å². The van der Waals surface area contributed by atoms with Crippen LogP contribution in [0.5, 0.6) is 5.75 Å². The highest BCUT2D eigenvalue weighted by Crippen LogP contribution is 2.39. The summed E-state index contributed by atoms with van der Waals surface area (Å²) in [6, 6.07) is 34.5. The van der Waals surface area contributed by atoms with Gasteiger partial charge in [0.05, 0.1) is 19.9 Å². The Hall–Kier alpha value is -4.05. The van der Waals surface area contributed by atoms with E-state index >= 15 is 0 Å². The third-order valence-corrected chi connectivity index (χ3v) is 5.56. The Morgan fingerprint density at radius 3 is 1.70 bits per heavy atom. The number of benzene rings is 4. The van der Waals surface area contributed by atoms with E-state index < -0.39 is 5.97 Å². The lowest BCUT2D eigenvalue weighted by Gasteiger charge is -2.28. The molecule has 0 aromatic heterocycles. The van der Waals surface area contributed by atoms with Gasteiger partial charge in [-0.3, -0.25) is 0 Å². The first-order valence-corrected chi connectivity index (χ1v) is 10.9. The van der Waals surface area contributed by atoms with Crippen molar-refractivity contribution in [2.24, 2.45) is 0 Å². The maximum atomic E-state index is 12.7. The maximum Gasteiger partial charge on any atom is 0.341 e. The van der Waals surface area contributed by atoms with Gasteiger partial charge < -0.3 is 14.4 Å². The van der Waals surface area contributed by atoms with E-state index in [4.69, 9.17) is 9.47 Å². The molecule has 0 spiro atoms. The summed E-state index contributed by atoms with van der Waals surface area (Å²) in [7, 11) is 2.99. The lowest BCUT2D eigenvalue weighted by atomic mass is 9.99. The molecule has 0 heterocycles. The minimum Gasteiger partial charge on any atom is -0.494 e. The molecule has 0 unspecified atom stereocenters. The highest BCUT2D eigenvalue weighted by Gasteiger charge is 2.23. The molecule has 0 amide bonds. The normalized spacial score (nSPS) is 10.5. The highest BCUT2D eigenvalue weighted by molar-refractivity contribution is 5.97. The van der Waals surface area contributed by atoms with Crippen molar-refractivity contribution in [1.29, 1.82) is 0 Å². The number of esters is 1. The summed E-state index contributed by atoms with van der Waals surface area (Å²) in [4.78, 5) is 15.0. The van der Waals surface area contributed by atoms with Crippen LogP contribution < -0.4 is 9.64 Å². The Labute approximate surface area is 195 Å². The average Bonchev–Trinajstić information content (AvgIpc) is 2.88. The Kier molecular flexibility index (Phi) is 7.06. The van der Waals surface area contributed by atoms with Crippen molar-refractivity contribution in [1.82, 2.24) is 0 Å². The van der Waals surface area contributed by atoms with Gasteiger partial charge >= 0.3 is 5.97 Å². The fourth-order valence-electron chi connectivity index (χ4n) is 3.96. The molecule has 0 saturated heterocycles. The second kappa shape index (κ2) is 10.5. The first-order chi connectivity index (χ1) is 16.2. The molecular formula is C29H27NO3. The van der Waals surface area contributed by atoms with Gasteiger partial charge in [0.15, 0.2) is 5.75 Å². The molecule has 0 N–H and O–H groups in total. The van der Waals surface area contributed by atoms with Crippen molar-refractivity contribution in [3.63, 3.8) is 0 Å². The second-order valence-corrected chi connectivity index (χ2v) is 7.76. The largest absolute Gasteiger partial charge is 0.494 e. The number of methoxy groups -OCH3 is 2. The van der Waals surface area contributed by atoms with E-state index in [1.165, 1.54) is 18.2 Å². The Bertz CT molecular complexity index is 1150. The van der Waals surface area contributed by atoms with E-state index in [-0.39, 0.29) is 0 Å². The molecule has 4 aromatic carbocycles. The zero-order valence-electron chi connectivity index (χ0n) is 18.9. The summed E-state index contributed by atoms with van der Waals surface area (Å²) in [5.41, 5.74) is 5.53. The summed E-state index contributed by atoms with van der Waals surface area (Å²) >= 11 is 0. The standard InChI is InChI=1S/C29H27NO3/c1-32-28-26(29(31)33-2)18-25(24-16-10-5-11-17-24)19-27(28)30(20-22-12-6-3-7-13-22)21-23-14-8-4-9-15-23/h3-19H,20-21H2,1-2H3. The third-order valence-electron chi connectivity index (χ3n) is 5.56. The summed E-state index contributed by atoms with van der Waals surface area (Å²) in [6.07, 6.45) is 0. The van der Waals surface area contributed by atoms with Gasteiger partial charge in [-0.1, -0.05) is 91.0 Å². The number of carbonyl (C=O) groups is 1. The van der Waals surface area contributed by atoms with E-state index in [0.29, 0.717) is 24.4 Å². The fourth-order valence-corrected chi connectivity index (χ4v) is 3.96. The molecule has 33 heavy (non-hydrogen) atoms. The summed E-state index contributed by atoms with van der Waals surface area (Å²) in [6.45, 7) is 1.32. The molecule has 166 valence electrons. The van der Waals surface area contributed by atoms with Gasteiger partial charge in [0.2, 0.25) is 0 Å². The van der Waals surface area contributed by atoms with E-state index in [1.807, 2.05) is 72.8 Å². The molecular weight excluding hydrogens is 410 g/mol. The van der Waals surface area contributed by atoms with E-state index in [2.05, 4.69) is 35.2 Å². The zero-order valence-corrected chi connectivity index (χ0v) is 18.9. The number of hydrogen-bond donors (Lipinski definition) is 0. The molecule has 0 bridgehead atoms. The summed E-state index contributed by atoms with van der Waals surface area (Å²) in [5, 5.41) is 0. The Morgan fingerprint density at radius 1 is 0.697 bits per heavy atom. The smallest absolute Gasteiger partial charge is 0.341 e. The number of anilines is 1. The van der Waals surface area contributed by atoms with Gasteiger partial charge in [0, 0.05) is 13.1 Å². The maximum absolute atomic E-state index is 12.7. The van der Waals surface area contributed by atoms with Crippen molar-refractivity contribution >= 4 is 11.7 Å². The van der Waals surface area contributed by atoms with E-state index in [1.54, 1.807) is 7.11 Å². The lowest BCUT2D eigenvalue weighted by molar-refractivity contribution is 0.0597. The van der Waals surface area contributed by atoms with E-state index in [9.17, 15) is 4.79 Å². The van der Waals surface area contributed by atoms with Gasteiger partial charge in [0.1, 0.15) is 5.56 Å². The van der Waals surface area contributed by atoms with Crippen LogP contribution in [0.3, 0.4) is 0 Å². The monoisotopic (exact) mass is 437 g/mol. The first kappa shape index (κ1) is 22.2. The van der Waals surface area contributed by atoms with Crippen LogP contribution in [0.2, 0.25) is 0 Å². The van der Waals surface area contributed by atoms with Crippen LogP contribution in [0.25, 0.3) is 11.1 Å². The summed E-state index contributed by atoms with van der Waals surface area (Å²) in [5.74, 6) is 0.0821. The second-order valence-electron chi connectivity index (χ2n) is 7.76. The van der Waals surface area contributed by atoms with Crippen LogP contribution >= 0.6 is 0 Å². The van der Waals surface area contributed by atoms with Gasteiger partial charge in [0.25, 0.3) is 0 Å². The molecule has 0 aliphatic rings. The first-order valence-electron chi connectivity index (χ1n) is 10.9. The average molecular weight is 438 g/mol. The Morgan fingerprint density at radius 2 is 1.21 bits per heavy atom. The SMILES string of the molecule is COC(=O)c1cc(-c2ccccc2)cc(N(Cc2ccccc2)Cc2ccccc2)c1OC. The zero-order chi connectivity index (χ0) is 23.0. The molecule has 0 aliphatic heterocycles. The molecule has 0 atom stereocenters. The quantitative estimate of drug-likeness (QED) is 0.301.